The lowest BCUT2D eigenvalue weighted by molar-refractivity contribution is -0.185. The molecule has 1 saturated heterocycles. The zero-order valence-electron chi connectivity index (χ0n) is 26.9. The summed E-state index contributed by atoms with van der Waals surface area (Å²) in [7, 11) is 0. The Balaban J connectivity index is 1.28. The van der Waals surface area contributed by atoms with Crippen LogP contribution >= 0.6 is 0 Å². The molecule has 2 atom stereocenters. The van der Waals surface area contributed by atoms with Gasteiger partial charge in [-0.3, -0.25) is 9.59 Å². The number of carbonyl (C=O) groups is 3. The molecule has 1 amide bonds. The summed E-state index contributed by atoms with van der Waals surface area (Å²) < 4.78 is 13.4. The van der Waals surface area contributed by atoms with Crippen molar-refractivity contribution >= 4 is 23.6 Å². The van der Waals surface area contributed by atoms with Crippen LogP contribution < -0.4 is 5.32 Å². The highest BCUT2D eigenvalue weighted by molar-refractivity contribution is 6.01. The summed E-state index contributed by atoms with van der Waals surface area (Å²) in [6, 6.07) is 8.19. The quantitative estimate of drug-likeness (QED) is 0.249. The van der Waals surface area contributed by atoms with Crippen LogP contribution in [0.1, 0.15) is 100 Å². The van der Waals surface area contributed by atoms with Crippen molar-refractivity contribution in [1.82, 2.24) is 24.9 Å². The third kappa shape index (κ3) is 7.11. The molecule has 1 N–H and O–H groups in total. The number of fused-ring (bicyclic) bond motifs is 1. The molecular weight excluding hydrogens is 558 g/mol. The van der Waals surface area contributed by atoms with Gasteiger partial charge in [0.2, 0.25) is 0 Å². The van der Waals surface area contributed by atoms with E-state index in [2.05, 4.69) is 39.4 Å². The first kappa shape index (κ1) is 31.6. The monoisotopic (exact) mass is 603 g/mol. The van der Waals surface area contributed by atoms with Crippen LogP contribution in [-0.2, 0) is 44.9 Å². The van der Waals surface area contributed by atoms with Crippen molar-refractivity contribution in [3.63, 3.8) is 0 Å². The molecule has 3 aromatic rings. The van der Waals surface area contributed by atoms with E-state index in [0.717, 1.165) is 60.2 Å². The van der Waals surface area contributed by atoms with Gasteiger partial charge >= 0.3 is 12.1 Å². The number of ketones is 1. The number of benzene rings is 1. The standard InChI is InChI=1S/C34H45N5O5/c1-7-24-17-23(12-13-25(24)20-35-32(42)44-33(4,5)6)14-15-34(26-10-8-9-11-26)19-28(40)27(30(41)43-34)18-29-37-31-36-21(2)16-22(3)39(31)38-29/h12-13,16-17,26-27H,7-11,14-15,18-20H2,1-6H3,(H,35,42). The van der Waals surface area contributed by atoms with Gasteiger partial charge in [-0.1, -0.05) is 38.0 Å². The predicted octanol–water partition coefficient (Wildman–Crippen LogP) is 5.56. The molecule has 1 aliphatic carbocycles. The summed E-state index contributed by atoms with van der Waals surface area (Å²) in [5.41, 5.74) is 3.68. The van der Waals surface area contributed by atoms with Gasteiger partial charge < -0.3 is 14.8 Å². The van der Waals surface area contributed by atoms with Crippen LogP contribution in [0.15, 0.2) is 24.3 Å². The number of Topliss-reactive ketones (excluding diaryl/α,β-unsaturated/α-hetero) is 1. The van der Waals surface area contributed by atoms with E-state index >= 15 is 0 Å². The molecule has 2 aromatic heterocycles. The number of alkyl carbamates (subject to hydrolysis) is 1. The number of esters is 1. The molecule has 2 fully saturated rings. The Hall–Kier alpha value is -3.82. The van der Waals surface area contributed by atoms with E-state index in [1.165, 1.54) is 0 Å². The van der Waals surface area contributed by atoms with Crippen molar-refractivity contribution in [2.75, 3.05) is 0 Å². The molecule has 2 aliphatic rings. The number of nitrogens with zero attached hydrogens (tertiary/aromatic N) is 4. The maximum atomic E-state index is 13.7. The number of nitrogens with one attached hydrogen (secondary N) is 1. The Morgan fingerprint density at radius 1 is 1.11 bits per heavy atom. The number of aromatic nitrogens is 4. The van der Waals surface area contributed by atoms with Crippen LogP contribution in [0.3, 0.4) is 0 Å². The van der Waals surface area contributed by atoms with Crippen LogP contribution in [0, 0.1) is 25.7 Å². The average Bonchev–Trinajstić information content (AvgIpc) is 3.63. The maximum Gasteiger partial charge on any atom is 0.407 e. The van der Waals surface area contributed by atoms with E-state index in [1.54, 1.807) is 4.52 Å². The Morgan fingerprint density at radius 2 is 1.86 bits per heavy atom. The number of amides is 1. The number of ether oxygens (including phenoxy) is 2. The van der Waals surface area contributed by atoms with Gasteiger partial charge in [-0.05, 0) is 95.4 Å². The number of cyclic esters (lactones) is 1. The first-order chi connectivity index (χ1) is 20.9. The van der Waals surface area contributed by atoms with Gasteiger partial charge in [-0.25, -0.2) is 14.3 Å². The molecule has 3 heterocycles. The Morgan fingerprint density at radius 3 is 2.55 bits per heavy atom. The zero-order valence-corrected chi connectivity index (χ0v) is 26.9. The number of aryl methyl sites for hydroxylation is 4. The van der Waals surface area contributed by atoms with E-state index < -0.39 is 29.2 Å². The zero-order chi connectivity index (χ0) is 31.6. The first-order valence-corrected chi connectivity index (χ1v) is 15.9. The van der Waals surface area contributed by atoms with Gasteiger partial charge in [-0.2, -0.15) is 4.98 Å². The summed E-state index contributed by atoms with van der Waals surface area (Å²) in [5, 5.41) is 7.37. The van der Waals surface area contributed by atoms with Crippen molar-refractivity contribution < 1.29 is 23.9 Å². The molecule has 5 rings (SSSR count). The van der Waals surface area contributed by atoms with Crippen LogP contribution in [0.25, 0.3) is 5.78 Å². The summed E-state index contributed by atoms with van der Waals surface area (Å²) >= 11 is 0. The van der Waals surface area contributed by atoms with Crippen LogP contribution in [-0.4, -0.2) is 48.6 Å². The molecule has 1 saturated carbocycles. The number of carbonyl (C=O) groups excluding carboxylic acids is 3. The second kappa shape index (κ2) is 12.7. The lowest BCUT2D eigenvalue weighted by Gasteiger charge is -2.43. The van der Waals surface area contributed by atoms with E-state index in [1.807, 2.05) is 46.8 Å². The lowest BCUT2D eigenvalue weighted by Crippen LogP contribution is -2.52. The van der Waals surface area contributed by atoms with Crippen molar-refractivity contribution in [1.29, 1.82) is 0 Å². The topological polar surface area (TPSA) is 125 Å². The summed E-state index contributed by atoms with van der Waals surface area (Å²) in [6.45, 7) is 11.8. The predicted molar refractivity (Wildman–Crippen MR) is 165 cm³/mol. The van der Waals surface area contributed by atoms with Crippen LogP contribution in [0.5, 0.6) is 0 Å². The second-order valence-corrected chi connectivity index (χ2v) is 13.5. The van der Waals surface area contributed by atoms with Gasteiger partial charge in [0.1, 0.15) is 17.1 Å². The molecule has 0 radical (unpaired) electrons. The molecule has 44 heavy (non-hydrogen) atoms. The van der Waals surface area contributed by atoms with Crippen molar-refractivity contribution in [2.24, 2.45) is 11.8 Å². The molecule has 0 spiro atoms. The third-order valence-corrected chi connectivity index (χ3v) is 8.91. The van der Waals surface area contributed by atoms with Gasteiger partial charge in [0, 0.05) is 30.8 Å². The fraction of sp³-hybridized carbons (Fsp3) is 0.588. The molecule has 10 heteroatoms. The molecular formula is C34H45N5O5. The van der Waals surface area contributed by atoms with Crippen molar-refractivity contribution in [3.05, 3.63) is 58.2 Å². The van der Waals surface area contributed by atoms with E-state index in [0.29, 0.717) is 31.0 Å². The van der Waals surface area contributed by atoms with Gasteiger partial charge in [0.25, 0.3) is 5.78 Å². The fourth-order valence-electron chi connectivity index (χ4n) is 6.73. The molecule has 1 aliphatic heterocycles. The number of rotatable bonds is 9. The fourth-order valence-corrected chi connectivity index (χ4v) is 6.73. The largest absolute Gasteiger partial charge is 0.458 e. The summed E-state index contributed by atoms with van der Waals surface area (Å²) in [4.78, 5) is 48.3. The highest BCUT2D eigenvalue weighted by atomic mass is 16.6. The first-order valence-electron chi connectivity index (χ1n) is 15.9. The van der Waals surface area contributed by atoms with Crippen LogP contribution in [0.2, 0.25) is 0 Å². The van der Waals surface area contributed by atoms with Gasteiger partial charge in [-0.15, -0.1) is 5.10 Å². The summed E-state index contributed by atoms with van der Waals surface area (Å²) in [5.74, 6) is -0.415. The Kier molecular flexibility index (Phi) is 9.09. The van der Waals surface area contributed by atoms with Crippen LogP contribution in [0.4, 0.5) is 4.79 Å². The van der Waals surface area contributed by atoms with Gasteiger partial charge in [0.05, 0.1) is 0 Å². The Bertz CT molecular complexity index is 1530. The lowest BCUT2D eigenvalue weighted by atomic mass is 9.73. The third-order valence-electron chi connectivity index (χ3n) is 8.91. The SMILES string of the molecule is CCc1cc(CCC2(C3CCCC3)CC(=O)C(Cc3nc4nc(C)cc(C)n4n3)C(=O)O2)ccc1CNC(=O)OC(C)(C)C. The van der Waals surface area contributed by atoms with E-state index in [-0.39, 0.29) is 24.5 Å². The Labute approximate surface area is 259 Å². The van der Waals surface area contributed by atoms with Crippen molar-refractivity contribution in [2.45, 2.75) is 117 Å². The minimum atomic E-state index is -0.910. The molecule has 0 bridgehead atoms. The average molecular weight is 604 g/mol. The number of hydrogen-bond donors (Lipinski definition) is 1. The maximum absolute atomic E-state index is 13.7. The van der Waals surface area contributed by atoms with E-state index in [4.69, 9.17) is 9.47 Å². The second-order valence-electron chi connectivity index (χ2n) is 13.5. The molecule has 10 nitrogen and oxygen atoms in total. The normalized spacial score (nSPS) is 21.1. The van der Waals surface area contributed by atoms with Crippen molar-refractivity contribution in [3.8, 4) is 0 Å². The minimum Gasteiger partial charge on any atom is -0.458 e. The van der Waals surface area contributed by atoms with Gasteiger partial charge in [0.15, 0.2) is 11.6 Å². The smallest absolute Gasteiger partial charge is 0.407 e. The minimum absolute atomic E-state index is 0.0920. The molecule has 1 aromatic carbocycles. The molecule has 236 valence electrons. The molecule has 2 unspecified atom stereocenters. The number of hydrogen-bond acceptors (Lipinski definition) is 8. The highest BCUT2D eigenvalue weighted by Crippen LogP contribution is 2.45. The van der Waals surface area contributed by atoms with E-state index in [9.17, 15) is 14.4 Å². The summed E-state index contributed by atoms with van der Waals surface area (Å²) in [6.07, 6.45) is 6.06. The highest BCUT2D eigenvalue weighted by Gasteiger charge is 2.51.